The molecule has 0 aromatic rings. The summed E-state index contributed by atoms with van der Waals surface area (Å²) in [6, 6.07) is -0.672. The molecular formula is C16H30N2O5S. The lowest BCUT2D eigenvalue weighted by atomic mass is 9.95. The van der Waals surface area contributed by atoms with Gasteiger partial charge in [0.15, 0.2) is 0 Å². The van der Waals surface area contributed by atoms with Crippen LogP contribution in [0.5, 0.6) is 0 Å². The van der Waals surface area contributed by atoms with Gasteiger partial charge in [-0.3, -0.25) is 4.79 Å². The number of sulfonamides is 1. The maximum absolute atomic E-state index is 12.4. The van der Waals surface area contributed by atoms with Crippen molar-refractivity contribution in [2.45, 2.75) is 52.5 Å². The van der Waals surface area contributed by atoms with Gasteiger partial charge in [0.05, 0.1) is 12.9 Å². The number of esters is 1. The van der Waals surface area contributed by atoms with Crippen LogP contribution in [0.2, 0.25) is 0 Å². The van der Waals surface area contributed by atoms with Gasteiger partial charge in [0.1, 0.15) is 6.04 Å². The second-order valence-electron chi connectivity index (χ2n) is 6.60. The van der Waals surface area contributed by atoms with Crippen molar-refractivity contribution in [3.63, 3.8) is 0 Å². The Hall–Kier alpha value is -1.15. The second kappa shape index (κ2) is 9.36. The van der Waals surface area contributed by atoms with Gasteiger partial charge in [-0.15, -0.1) is 0 Å². The number of rotatable bonds is 8. The molecule has 24 heavy (non-hydrogen) atoms. The van der Waals surface area contributed by atoms with E-state index in [1.807, 2.05) is 20.8 Å². The van der Waals surface area contributed by atoms with Gasteiger partial charge in [0.2, 0.25) is 15.9 Å². The Morgan fingerprint density at radius 3 is 2.29 bits per heavy atom. The average molecular weight is 362 g/mol. The van der Waals surface area contributed by atoms with Gasteiger partial charge in [-0.2, -0.15) is 0 Å². The van der Waals surface area contributed by atoms with Crippen LogP contribution in [-0.2, 0) is 24.3 Å². The third kappa shape index (κ3) is 5.73. The van der Waals surface area contributed by atoms with E-state index in [9.17, 15) is 18.0 Å². The van der Waals surface area contributed by atoms with E-state index in [2.05, 4.69) is 5.32 Å². The summed E-state index contributed by atoms with van der Waals surface area (Å²) in [5, 5.41) is 2.74. The molecule has 1 rings (SSSR count). The zero-order chi connectivity index (χ0) is 18.3. The van der Waals surface area contributed by atoms with Crippen molar-refractivity contribution in [3.05, 3.63) is 0 Å². The van der Waals surface area contributed by atoms with E-state index in [1.54, 1.807) is 0 Å². The lowest BCUT2D eigenvalue weighted by Crippen LogP contribution is -2.49. The highest BCUT2D eigenvalue weighted by molar-refractivity contribution is 7.89. The summed E-state index contributed by atoms with van der Waals surface area (Å²) in [5.74, 6) is -0.843. The van der Waals surface area contributed by atoms with E-state index < -0.39 is 22.0 Å². The molecule has 1 N–H and O–H groups in total. The summed E-state index contributed by atoms with van der Waals surface area (Å²) in [6.07, 6.45) is 2.44. The SMILES string of the molecule is CCCCS(=O)(=O)N1CCC(C(=O)N[C@H](C(=O)OC)C(C)C)CC1. The largest absolute Gasteiger partial charge is 0.467 e. The third-order valence-corrected chi connectivity index (χ3v) is 6.35. The summed E-state index contributed by atoms with van der Waals surface area (Å²) in [7, 11) is -1.93. The molecule has 1 atom stereocenters. The highest BCUT2D eigenvalue weighted by Gasteiger charge is 2.33. The topological polar surface area (TPSA) is 92.8 Å². The normalized spacial score (nSPS) is 18.4. The first-order valence-corrected chi connectivity index (χ1v) is 10.2. The van der Waals surface area contributed by atoms with Crippen molar-refractivity contribution in [2.75, 3.05) is 26.0 Å². The van der Waals surface area contributed by atoms with Crippen molar-refractivity contribution < 1.29 is 22.7 Å². The lowest BCUT2D eigenvalue weighted by molar-refractivity contribution is -0.147. The molecule has 1 aliphatic rings. The summed E-state index contributed by atoms with van der Waals surface area (Å²) >= 11 is 0. The number of carbonyl (C=O) groups is 2. The van der Waals surface area contributed by atoms with Gasteiger partial charge in [-0.05, 0) is 25.2 Å². The molecule has 140 valence electrons. The van der Waals surface area contributed by atoms with E-state index in [4.69, 9.17) is 4.74 Å². The monoisotopic (exact) mass is 362 g/mol. The predicted octanol–water partition coefficient (Wildman–Crippen LogP) is 1.14. The number of unbranched alkanes of at least 4 members (excludes halogenated alkanes) is 1. The highest BCUT2D eigenvalue weighted by atomic mass is 32.2. The van der Waals surface area contributed by atoms with Crippen LogP contribution in [-0.4, -0.2) is 56.6 Å². The summed E-state index contributed by atoms with van der Waals surface area (Å²) < 4.78 is 30.6. The maximum atomic E-state index is 12.4. The van der Waals surface area contributed by atoms with Crippen LogP contribution in [0.1, 0.15) is 46.5 Å². The van der Waals surface area contributed by atoms with E-state index in [1.165, 1.54) is 11.4 Å². The van der Waals surface area contributed by atoms with Crippen LogP contribution in [0.3, 0.4) is 0 Å². The highest BCUT2D eigenvalue weighted by Crippen LogP contribution is 2.21. The molecule has 0 aromatic heterocycles. The standard InChI is InChI=1S/C16H30N2O5S/c1-5-6-11-24(21,22)18-9-7-13(8-10-18)15(19)17-14(12(2)3)16(20)23-4/h12-14H,5-11H2,1-4H3,(H,17,19)/t14-/m0/s1. The molecule has 0 bridgehead atoms. The Labute approximate surface area is 145 Å². The van der Waals surface area contributed by atoms with Gasteiger partial charge < -0.3 is 10.1 Å². The van der Waals surface area contributed by atoms with Crippen LogP contribution in [0, 0.1) is 11.8 Å². The van der Waals surface area contributed by atoms with Gasteiger partial charge >= 0.3 is 5.97 Å². The van der Waals surface area contributed by atoms with Crippen LogP contribution in [0.4, 0.5) is 0 Å². The molecule has 7 nitrogen and oxygen atoms in total. The Morgan fingerprint density at radius 2 is 1.83 bits per heavy atom. The van der Waals surface area contributed by atoms with Gasteiger partial charge in [-0.25, -0.2) is 17.5 Å². The second-order valence-corrected chi connectivity index (χ2v) is 8.68. The third-order valence-electron chi connectivity index (χ3n) is 4.39. The summed E-state index contributed by atoms with van der Waals surface area (Å²) in [4.78, 5) is 24.1. The zero-order valence-electron chi connectivity index (χ0n) is 15.1. The summed E-state index contributed by atoms with van der Waals surface area (Å²) in [6.45, 7) is 6.34. The molecule has 0 aromatic carbocycles. The lowest BCUT2D eigenvalue weighted by Gasteiger charge is -2.31. The van der Waals surface area contributed by atoms with Crippen LogP contribution >= 0.6 is 0 Å². The molecule has 0 saturated carbocycles. The minimum atomic E-state index is -3.22. The van der Waals surface area contributed by atoms with Crippen LogP contribution in [0.15, 0.2) is 0 Å². The number of methoxy groups -OCH3 is 1. The molecule has 1 amide bonds. The quantitative estimate of drug-likeness (QED) is 0.654. The van der Waals surface area contributed by atoms with Gasteiger partial charge in [-0.1, -0.05) is 27.2 Å². The van der Waals surface area contributed by atoms with E-state index in [0.717, 1.165) is 6.42 Å². The Kier molecular flexibility index (Phi) is 8.15. The molecule has 1 saturated heterocycles. The number of hydrogen-bond acceptors (Lipinski definition) is 5. The fraction of sp³-hybridized carbons (Fsp3) is 0.875. The van der Waals surface area contributed by atoms with Crippen molar-refractivity contribution >= 4 is 21.9 Å². The maximum Gasteiger partial charge on any atom is 0.328 e. The smallest absolute Gasteiger partial charge is 0.328 e. The van der Waals surface area contributed by atoms with Crippen molar-refractivity contribution in [1.82, 2.24) is 9.62 Å². The number of piperidine rings is 1. The Morgan fingerprint density at radius 1 is 1.25 bits per heavy atom. The molecule has 0 unspecified atom stereocenters. The van der Waals surface area contributed by atoms with Crippen molar-refractivity contribution in [2.24, 2.45) is 11.8 Å². The molecule has 8 heteroatoms. The first-order valence-electron chi connectivity index (χ1n) is 8.59. The number of nitrogens with zero attached hydrogens (tertiary/aromatic N) is 1. The van der Waals surface area contributed by atoms with Gasteiger partial charge in [0.25, 0.3) is 0 Å². The van der Waals surface area contributed by atoms with Crippen LogP contribution < -0.4 is 5.32 Å². The minimum absolute atomic E-state index is 0.0732. The fourth-order valence-electron chi connectivity index (χ4n) is 2.75. The van der Waals surface area contributed by atoms with E-state index >= 15 is 0 Å². The van der Waals surface area contributed by atoms with E-state index in [0.29, 0.717) is 32.4 Å². The number of hydrogen-bond donors (Lipinski definition) is 1. The Bertz CT molecular complexity index is 525. The molecule has 0 spiro atoms. The molecule has 1 heterocycles. The minimum Gasteiger partial charge on any atom is -0.467 e. The van der Waals surface area contributed by atoms with Gasteiger partial charge in [0, 0.05) is 19.0 Å². The van der Waals surface area contributed by atoms with E-state index in [-0.39, 0.29) is 23.5 Å². The molecule has 0 aliphatic carbocycles. The van der Waals surface area contributed by atoms with Crippen molar-refractivity contribution in [3.8, 4) is 0 Å². The Balaban J connectivity index is 2.58. The first kappa shape index (κ1) is 20.9. The molecule has 0 radical (unpaired) electrons. The predicted molar refractivity (Wildman–Crippen MR) is 91.8 cm³/mol. The van der Waals surface area contributed by atoms with Crippen molar-refractivity contribution in [1.29, 1.82) is 0 Å². The molecule has 1 fully saturated rings. The number of nitrogens with one attached hydrogen (secondary N) is 1. The molecule has 1 aliphatic heterocycles. The average Bonchev–Trinajstić information content (AvgIpc) is 2.56. The molecular weight excluding hydrogens is 332 g/mol. The fourth-order valence-corrected chi connectivity index (χ4v) is 4.43. The van der Waals surface area contributed by atoms with Crippen LogP contribution in [0.25, 0.3) is 0 Å². The first-order chi connectivity index (χ1) is 11.2. The number of amides is 1. The summed E-state index contributed by atoms with van der Waals surface area (Å²) in [5.41, 5.74) is 0. The zero-order valence-corrected chi connectivity index (χ0v) is 15.9. The number of ether oxygens (including phenoxy) is 1. The number of carbonyl (C=O) groups excluding carboxylic acids is 2.